The van der Waals surface area contributed by atoms with Crippen molar-refractivity contribution >= 4 is 0 Å². The van der Waals surface area contributed by atoms with Gasteiger partial charge in [-0.1, -0.05) is 37.6 Å². The number of rotatable bonds is 7. The largest absolute Gasteiger partial charge is 0.387 e. The molecular formula is C18H29NO2. The molecule has 3 nitrogen and oxygen atoms in total. The highest BCUT2D eigenvalue weighted by Crippen LogP contribution is 2.21. The van der Waals surface area contributed by atoms with E-state index in [4.69, 9.17) is 4.74 Å². The van der Waals surface area contributed by atoms with E-state index >= 15 is 0 Å². The monoisotopic (exact) mass is 291 g/mol. The molecule has 1 aliphatic rings. The number of aliphatic hydroxyl groups excluding tert-OH is 1. The molecule has 2 rings (SSSR count). The van der Waals surface area contributed by atoms with Gasteiger partial charge in [0.1, 0.15) is 0 Å². The predicted molar refractivity (Wildman–Crippen MR) is 86.4 cm³/mol. The molecular weight excluding hydrogens is 262 g/mol. The SMILES string of the molecule is CCCc1ccc(C(O)CN2CCCC(COC)C2)cc1. The van der Waals surface area contributed by atoms with Crippen LogP contribution in [0, 0.1) is 5.92 Å². The molecule has 0 aliphatic carbocycles. The van der Waals surface area contributed by atoms with Gasteiger partial charge in [0.2, 0.25) is 0 Å². The van der Waals surface area contributed by atoms with E-state index in [0.29, 0.717) is 5.92 Å². The number of benzene rings is 1. The number of piperidine rings is 1. The predicted octanol–water partition coefficient (Wildman–Crippen LogP) is 3.03. The lowest BCUT2D eigenvalue weighted by atomic mass is 9.98. The number of methoxy groups -OCH3 is 1. The van der Waals surface area contributed by atoms with Crippen LogP contribution in [0.4, 0.5) is 0 Å². The molecule has 1 saturated heterocycles. The van der Waals surface area contributed by atoms with Crippen LogP contribution in [-0.2, 0) is 11.2 Å². The van der Waals surface area contributed by atoms with Crippen molar-refractivity contribution in [3.05, 3.63) is 35.4 Å². The number of nitrogens with zero attached hydrogens (tertiary/aromatic N) is 1. The van der Waals surface area contributed by atoms with Crippen molar-refractivity contribution in [3.8, 4) is 0 Å². The van der Waals surface area contributed by atoms with Crippen molar-refractivity contribution in [1.82, 2.24) is 4.90 Å². The molecule has 2 unspecified atom stereocenters. The lowest BCUT2D eigenvalue weighted by Crippen LogP contribution is -2.39. The van der Waals surface area contributed by atoms with E-state index in [1.165, 1.54) is 18.4 Å². The zero-order valence-corrected chi connectivity index (χ0v) is 13.4. The number of aliphatic hydroxyl groups is 1. The molecule has 3 heteroatoms. The van der Waals surface area contributed by atoms with Crippen molar-refractivity contribution < 1.29 is 9.84 Å². The Morgan fingerprint density at radius 1 is 1.33 bits per heavy atom. The van der Waals surface area contributed by atoms with Crippen LogP contribution in [0.15, 0.2) is 24.3 Å². The normalized spacial score (nSPS) is 21.4. The highest BCUT2D eigenvalue weighted by Gasteiger charge is 2.22. The first-order valence-electron chi connectivity index (χ1n) is 8.21. The average molecular weight is 291 g/mol. The van der Waals surface area contributed by atoms with Crippen LogP contribution >= 0.6 is 0 Å². The molecule has 118 valence electrons. The van der Waals surface area contributed by atoms with Gasteiger partial charge in [0.15, 0.2) is 0 Å². The summed E-state index contributed by atoms with van der Waals surface area (Å²) in [5.41, 5.74) is 2.38. The highest BCUT2D eigenvalue weighted by molar-refractivity contribution is 5.24. The maximum Gasteiger partial charge on any atom is 0.0916 e. The Hall–Kier alpha value is -0.900. The van der Waals surface area contributed by atoms with Crippen LogP contribution in [0.3, 0.4) is 0 Å². The average Bonchev–Trinajstić information content (AvgIpc) is 2.49. The summed E-state index contributed by atoms with van der Waals surface area (Å²) in [5, 5.41) is 10.4. The number of ether oxygens (including phenoxy) is 1. The fraction of sp³-hybridized carbons (Fsp3) is 0.667. The molecule has 2 atom stereocenters. The first kappa shape index (κ1) is 16.5. The molecule has 1 aromatic carbocycles. The highest BCUT2D eigenvalue weighted by atomic mass is 16.5. The first-order chi connectivity index (χ1) is 10.2. The summed E-state index contributed by atoms with van der Waals surface area (Å²) in [7, 11) is 1.77. The van der Waals surface area contributed by atoms with Crippen molar-refractivity contribution in [1.29, 1.82) is 0 Å². The van der Waals surface area contributed by atoms with Gasteiger partial charge in [-0.05, 0) is 42.9 Å². The van der Waals surface area contributed by atoms with Gasteiger partial charge in [-0.3, -0.25) is 0 Å². The molecule has 0 saturated carbocycles. The maximum absolute atomic E-state index is 10.4. The van der Waals surface area contributed by atoms with Crippen LogP contribution in [0.5, 0.6) is 0 Å². The molecule has 0 radical (unpaired) electrons. The van der Waals surface area contributed by atoms with Gasteiger partial charge in [-0.2, -0.15) is 0 Å². The fourth-order valence-corrected chi connectivity index (χ4v) is 3.23. The lowest BCUT2D eigenvalue weighted by molar-refractivity contribution is 0.0563. The van der Waals surface area contributed by atoms with Gasteiger partial charge in [0, 0.05) is 20.2 Å². The number of likely N-dealkylation sites (tertiary alicyclic amines) is 1. The molecule has 0 spiro atoms. The van der Waals surface area contributed by atoms with Gasteiger partial charge < -0.3 is 14.7 Å². The minimum atomic E-state index is -0.387. The van der Waals surface area contributed by atoms with Crippen molar-refractivity contribution in [2.75, 3.05) is 33.4 Å². The Kier molecular flexibility index (Phi) is 6.68. The number of hydrogen-bond donors (Lipinski definition) is 1. The zero-order chi connectivity index (χ0) is 15.1. The van der Waals surface area contributed by atoms with Gasteiger partial charge in [0.25, 0.3) is 0 Å². The minimum absolute atomic E-state index is 0.387. The molecule has 0 amide bonds. The Labute approximate surface area is 128 Å². The number of hydrogen-bond acceptors (Lipinski definition) is 3. The van der Waals surface area contributed by atoms with E-state index in [9.17, 15) is 5.11 Å². The molecule has 1 aromatic rings. The minimum Gasteiger partial charge on any atom is -0.387 e. The summed E-state index contributed by atoms with van der Waals surface area (Å²) in [6.45, 7) is 5.88. The number of β-amino-alcohol motifs (C(OH)–C–C–N with tert-alkyl or cyclic N) is 1. The summed E-state index contributed by atoms with van der Waals surface area (Å²) >= 11 is 0. The van der Waals surface area contributed by atoms with E-state index in [1.54, 1.807) is 7.11 Å². The maximum atomic E-state index is 10.4. The fourth-order valence-electron chi connectivity index (χ4n) is 3.23. The summed E-state index contributed by atoms with van der Waals surface area (Å²) in [6.07, 6.45) is 4.34. The zero-order valence-electron chi connectivity index (χ0n) is 13.4. The third kappa shape index (κ3) is 5.10. The second kappa shape index (κ2) is 8.52. The second-order valence-corrected chi connectivity index (χ2v) is 6.23. The van der Waals surface area contributed by atoms with Crippen LogP contribution in [0.2, 0.25) is 0 Å². The Bertz CT molecular complexity index is 402. The Balaban J connectivity index is 1.86. The summed E-state index contributed by atoms with van der Waals surface area (Å²) in [6, 6.07) is 8.44. The van der Waals surface area contributed by atoms with Crippen molar-refractivity contribution in [2.45, 2.75) is 38.7 Å². The van der Waals surface area contributed by atoms with Gasteiger partial charge in [-0.25, -0.2) is 0 Å². The molecule has 21 heavy (non-hydrogen) atoms. The van der Waals surface area contributed by atoms with Crippen LogP contribution in [0.25, 0.3) is 0 Å². The topological polar surface area (TPSA) is 32.7 Å². The Morgan fingerprint density at radius 2 is 2.10 bits per heavy atom. The molecule has 0 bridgehead atoms. The summed E-state index contributed by atoms with van der Waals surface area (Å²) in [4.78, 5) is 2.37. The van der Waals surface area contributed by atoms with E-state index in [-0.39, 0.29) is 6.10 Å². The van der Waals surface area contributed by atoms with Crippen molar-refractivity contribution in [2.24, 2.45) is 5.92 Å². The van der Waals surface area contributed by atoms with E-state index < -0.39 is 0 Å². The standard InChI is InChI=1S/C18H29NO2/c1-3-5-15-7-9-17(10-8-15)18(20)13-19-11-4-6-16(12-19)14-21-2/h7-10,16,18,20H,3-6,11-14H2,1-2H3. The molecule has 1 heterocycles. The third-order valence-corrected chi connectivity index (χ3v) is 4.34. The molecule has 1 aliphatic heterocycles. The van der Waals surface area contributed by atoms with E-state index in [1.807, 2.05) is 0 Å². The summed E-state index contributed by atoms with van der Waals surface area (Å²) in [5.74, 6) is 0.614. The van der Waals surface area contributed by atoms with Crippen molar-refractivity contribution in [3.63, 3.8) is 0 Å². The second-order valence-electron chi connectivity index (χ2n) is 6.23. The summed E-state index contributed by atoms with van der Waals surface area (Å²) < 4.78 is 5.27. The molecule has 1 fully saturated rings. The third-order valence-electron chi connectivity index (χ3n) is 4.34. The van der Waals surface area contributed by atoms with Crippen LogP contribution in [-0.4, -0.2) is 43.4 Å². The van der Waals surface area contributed by atoms with Crippen LogP contribution in [0.1, 0.15) is 43.4 Å². The molecule has 1 N–H and O–H groups in total. The van der Waals surface area contributed by atoms with E-state index in [2.05, 4.69) is 36.1 Å². The Morgan fingerprint density at radius 3 is 2.76 bits per heavy atom. The van der Waals surface area contributed by atoms with E-state index in [0.717, 1.165) is 44.6 Å². The first-order valence-corrected chi connectivity index (χ1v) is 8.21. The van der Waals surface area contributed by atoms with Crippen LogP contribution < -0.4 is 0 Å². The smallest absolute Gasteiger partial charge is 0.0916 e. The molecule has 0 aromatic heterocycles. The van der Waals surface area contributed by atoms with Gasteiger partial charge >= 0.3 is 0 Å². The number of aryl methyl sites for hydroxylation is 1. The lowest BCUT2D eigenvalue weighted by Gasteiger charge is -2.33. The van der Waals surface area contributed by atoms with Gasteiger partial charge in [-0.15, -0.1) is 0 Å². The van der Waals surface area contributed by atoms with Gasteiger partial charge in [0.05, 0.1) is 12.7 Å². The quantitative estimate of drug-likeness (QED) is 0.838.